The highest BCUT2D eigenvalue weighted by Gasteiger charge is 2.25. The van der Waals surface area contributed by atoms with Crippen molar-refractivity contribution in [1.29, 1.82) is 0 Å². The molecule has 0 aliphatic carbocycles. The van der Waals surface area contributed by atoms with E-state index in [0.717, 1.165) is 16.6 Å². The molecule has 1 fully saturated rings. The Balaban J connectivity index is 1.44. The number of para-hydroxylation sites is 1. The van der Waals surface area contributed by atoms with Crippen LogP contribution in [0.4, 0.5) is 5.69 Å². The van der Waals surface area contributed by atoms with Crippen LogP contribution in [0.1, 0.15) is 33.3 Å². The minimum Gasteiger partial charge on any atom is -0.477 e. The van der Waals surface area contributed by atoms with Gasteiger partial charge in [-0.3, -0.25) is 9.59 Å². The van der Waals surface area contributed by atoms with Crippen LogP contribution in [-0.4, -0.2) is 58.8 Å². The third-order valence-electron chi connectivity index (χ3n) is 5.63. The number of hydrogen-bond acceptors (Lipinski definition) is 4. The van der Waals surface area contributed by atoms with E-state index in [0.29, 0.717) is 37.3 Å². The molecule has 0 saturated carbocycles. The number of nitrogens with zero attached hydrogens (tertiary/aromatic N) is 2. The van der Waals surface area contributed by atoms with Gasteiger partial charge in [0.15, 0.2) is 5.78 Å². The molecule has 154 valence electrons. The molecule has 0 unspecified atom stereocenters. The van der Waals surface area contributed by atoms with Crippen LogP contribution in [0.15, 0.2) is 48.5 Å². The predicted octanol–water partition coefficient (Wildman–Crippen LogP) is 2.96. The summed E-state index contributed by atoms with van der Waals surface area (Å²) in [6.07, 6.45) is 0.0545. The lowest BCUT2D eigenvalue weighted by molar-refractivity contribution is -0.130. The maximum atomic E-state index is 12.9. The third kappa shape index (κ3) is 3.78. The number of piperazine rings is 1. The van der Waals surface area contributed by atoms with E-state index in [1.807, 2.05) is 48.5 Å². The van der Waals surface area contributed by atoms with Crippen molar-refractivity contribution in [2.75, 3.05) is 31.1 Å². The van der Waals surface area contributed by atoms with Crippen LogP contribution in [0, 0.1) is 0 Å². The highest BCUT2D eigenvalue weighted by molar-refractivity contribution is 6.00. The van der Waals surface area contributed by atoms with Crippen LogP contribution in [-0.2, 0) is 11.2 Å². The number of aromatic nitrogens is 1. The van der Waals surface area contributed by atoms with Crippen LogP contribution < -0.4 is 4.90 Å². The van der Waals surface area contributed by atoms with E-state index >= 15 is 0 Å². The monoisotopic (exact) mass is 405 g/mol. The summed E-state index contributed by atoms with van der Waals surface area (Å²) in [6.45, 7) is 4.05. The first-order chi connectivity index (χ1) is 14.4. The quantitative estimate of drug-likeness (QED) is 0.637. The predicted molar refractivity (Wildman–Crippen MR) is 114 cm³/mol. The number of aromatic carboxylic acids is 1. The number of aromatic amines is 1. The van der Waals surface area contributed by atoms with Crippen molar-refractivity contribution < 1.29 is 19.5 Å². The Morgan fingerprint density at radius 2 is 1.63 bits per heavy atom. The number of H-pyrrole nitrogens is 1. The molecular weight excluding hydrogens is 382 g/mol. The first kappa shape index (κ1) is 19.7. The summed E-state index contributed by atoms with van der Waals surface area (Å²) >= 11 is 0. The minimum atomic E-state index is -1.06. The average molecular weight is 405 g/mol. The van der Waals surface area contributed by atoms with E-state index in [-0.39, 0.29) is 23.8 Å². The molecule has 3 aromatic rings. The van der Waals surface area contributed by atoms with Crippen LogP contribution >= 0.6 is 0 Å². The van der Waals surface area contributed by atoms with E-state index < -0.39 is 5.97 Å². The maximum Gasteiger partial charge on any atom is 0.352 e. The second-order valence-corrected chi connectivity index (χ2v) is 7.48. The van der Waals surface area contributed by atoms with E-state index in [4.69, 9.17) is 0 Å². The van der Waals surface area contributed by atoms with E-state index in [2.05, 4.69) is 9.88 Å². The van der Waals surface area contributed by atoms with Gasteiger partial charge in [-0.25, -0.2) is 4.79 Å². The fourth-order valence-corrected chi connectivity index (χ4v) is 3.95. The van der Waals surface area contributed by atoms with Gasteiger partial charge in [0, 0.05) is 53.9 Å². The van der Waals surface area contributed by atoms with Gasteiger partial charge in [-0.15, -0.1) is 0 Å². The molecule has 4 rings (SSSR count). The summed E-state index contributed by atoms with van der Waals surface area (Å²) in [7, 11) is 0. The molecule has 7 nitrogen and oxygen atoms in total. The Morgan fingerprint density at radius 3 is 2.27 bits per heavy atom. The first-order valence-corrected chi connectivity index (χ1v) is 9.90. The number of carboxylic acids is 1. The highest BCUT2D eigenvalue weighted by Crippen LogP contribution is 2.24. The number of amides is 1. The Hall–Kier alpha value is -3.61. The van der Waals surface area contributed by atoms with Crippen molar-refractivity contribution in [1.82, 2.24) is 9.88 Å². The number of hydrogen-bond donors (Lipinski definition) is 2. The zero-order valence-electron chi connectivity index (χ0n) is 16.7. The Bertz CT molecular complexity index is 1110. The van der Waals surface area contributed by atoms with Gasteiger partial charge in [0.2, 0.25) is 5.91 Å². The standard InChI is InChI=1S/C23H23N3O4/c1-15(27)16-6-8-17(9-7-16)25-10-12-26(13-11-25)21(28)14-19-18-4-2-3-5-20(18)24-22(19)23(29)30/h2-9,24H,10-14H2,1H3,(H,29,30). The molecule has 1 aliphatic rings. The molecule has 1 saturated heterocycles. The van der Waals surface area contributed by atoms with Gasteiger partial charge in [-0.05, 0) is 37.3 Å². The number of fused-ring (bicyclic) bond motifs is 1. The van der Waals surface area contributed by atoms with Crippen molar-refractivity contribution in [3.63, 3.8) is 0 Å². The first-order valence-electron chi connectivity index (χ1n) is 9.90. The van der Waals surface area contributed by atoms with Gasteiger partial charge >= 0.3 is 5.97 Å². The number of benzene rings is 2. The lowest BCUT2D eigenvalue weighted by Crippen LogP contribution is -2.49. The molecule has 1 aromatic heterocycles. The molecule has 2 aromatic carbocycles. The van der Waals surface area contributed by atoms with Crippen LogP contribution in [0.2, 0.25) is 0 Å². The molecule has 2 heterocycles. The van der Waals surface area contributed by atoms with Gasteiger partial charge in [0.25, 0.3) is 0 Å². The lowest BCUT2D eigenvalue weighted by atomic mass is 10.1. The second kappa shape index (κ2) is 8.02. The number of rotatable bonds is 5. The molecule has 2 N–H and O–H groups in total. The lowest BCUT2D eigenvalue weighted by Gasteiger charge is -2.36. The van der Waals surface area contributed by atoms with Crippen LogP contribution in [0.25, 0.3) is 10.9 Å². The Kier molecular flexibility index (Phi) is 5.27. The SMILES string of the molecule is CC(=O)c1ccc(N2CCN(C(=O)Cc3c(C(=O)O)[nH]c4ccccc34)CC2)cc1. The number of nitrogens with one attached hydrogen (secondary N) is 1. The van der Waals surface area contributed by atoms with Crippen molar-refractivity contribution >= 4 is 34.3 Å². The fraction of sp³-hybridized carbons (Fsp3) is 0.261. The fourth-order valence-electron chi connectivity index (χ4n) is 3.95. The van der Waals surface area contributed by atoms with Gasteiger partial charge < -0.3 is 19.9 Å². The summed E-state index contributed by atoms with van der Waals surface area (Å²) in [5.41, 5.74) is 3.04. The number of anilines is 1. The van der Waals surface area contributed by atoms with Crippen LogP contribution in [0.3, 0.4) is 0 Å². The van der Waals surface area contributed by atoms with Crippen molar-refractivity contribution in [3.8, 4) is 0 Å². The summed E-state index contributed by atoms with van der Waals surface area (Å²) in [5, 5.41) is 10.3. The third-order valence-corrected chi connectivity index (χ3v) is 5.63. The van der Waals surface area contributed by atoms with E-state index in [1.165, 1.54) is 0 Å². The zero-order valence-corrected chi connectivity index (χ0v) is 16.7. The smallest absolute Gasteiger partial charge is 0.352 e. The molecule has 0 atom stereocenters. The minimum absolute atomic E-state index is 0.0370. The van der Waals surface area contributed by atoms with Gasteiger partial charge in [-0.1, -0.05) is 18.2 Å². The number of ketones is 1. The van der Waals surface area contributed by atoms with E-state index in [1.54, 1.807) is 11.8 Å². The van der Waals surface area contributed by atoms with Crippen LogP contribution in [0.5, 0.6) is 0 Å². The molecule has 0 radical (unpaired) electrons. The summed E-state index contributed by atoms with van der Waals surface area (Å²) < 4.78 is 0. The van der Waals surface area contributed by atoms with Crippen molar-refractivity contribution in [2.24, 2.45) is 0 Å². The normalized spacial score (nSPS) is 14.2. The second-order valence-electron chi connectivity index (χ2n) is 7.48. The molecule has 1 amide bonds. The molecule has 1 aliphatic heterocycles. The van der Waals surface area contributed by atoms with Gasteiger partial charge in [0.1, 0.15) is 5.69 Å². The topological polar surface area (TPSA) is 93.7 Å². The molecule has 7 heteroatoms. The highest BCUT2D eigenvalue weighted by atomic mass is 16.4. The average Bonchev–Trinajstić information content (AvgIpc) is 3.13. The molecule has 30 heavy (non-hydrogen) atoms. The van der Waals surface area contributed by atoms with Crippen molar-refractivity contribution in [2.45, 2.75) is 13.3 Å². The molecule has 0 bridgehead atoms. The Morgan fingerprint density at radius 1 is 0.967 bits per heavy atom. The van der Waals surface area contributed by atoms with Crippen molar-refractivity contribution in [3.05, 3.63) is 65.4 Å². The maximum absolute atomic E-state index is 12.9. The van der Waals surface area contributed by atoms with E-state index in [9.17, 15) is 19.5 Å². The largest absolute Gasteiger partial charge is 0.477 e. The van der Waals surface area contributed by atoms with Gasteiger partial charge in [-0.2, -0.15) is 0 Å². The molecular formula is C23H23N3O4. The Labute approximate surface area is 173 Å². The summed E-state index contributed by atoms with van der Waals surface area (Å²) in [4.78, 5) is 42.9. The van der Waals surface area contributed by atoms with Gasteiger partial charge in [0.05, 0.1) is 6.42 Å². The molecule has 0 spiro atoms. The number of carbonyl (C=O) groups excluding carboxylic acids is 2. The summed E-state index contributed by atoms with van der Waals surface area (Å²) in [6, 6.07) is 14.8. The number of carbonyl (C=O) groups is 3. The number of carboxylic acid groups (broad SMARTS) is 1. The zero-order chi connectivity index (χ0) is 21.3. The summed E-state index contributed by atoms with van der Waals surface area (Å²) in [5.74, 6) is -1.10. The number of Topliss-reactive ketones (excluding diaryl/α,β-unsaturated/α-hetero) is 1.